The van der Waals surface area contributed by atoms with Gasteiger partial charge in [-0.3, -0.25) is 4.79 Å². The number of halogens is 4. The van der Waals surface area contributed by atoms with Crippen molar-refractivity contribution in [3.8, 4) is 0 Å². The Balaban J connectivity index is 1.79. The van der Waals surface area contributed by atoms with Crippen LogP contribution in [0, 0.1) is 6.92 Å². The van der Waals surface area contributed by atoms with Crippen LogP contribution in [0.1, 0.15) is 40.2 Å². The normalized spacial score (nSPS) is 16.6. The van der Waals surface area contributed by atoms with Crippen molar-refractivity contribution in [1.82, 2.24) is 10.3 Å². The van der Waals surface area contributed by atoms with Crippen LogP contribution in [-0.4, -0.2) is 30.6 Å². The number of nitrogens with zero attached hydrogens (tertiary/aromatic N) is 1. The molecule has 28 heavy (non-hydrogen) atoms. The molecule has 1 aromatic carbocycles. The van der Waals surface area contributed by atoms with Gasteiger partial charge in [-0.25, -0.2) is 4.98 Å². The van der Waals surface area contributed by atoms with Crippen LogP contribution in [0.25, 0.3) is 0 Å². The second-order valence-corrected chi connectivity index (χ2v) is 7.35. The Kier molecular flexibility index (Phi) is 5.95. The number of carbonyl (C=O) groups is 1. The van der Waals surface area contributed by atoms with Crippen LogP contribution >= 0.6 is 11.6 Å². The first kappa shape index (κ1) is 20.6. The molecule has 0 aliphatic carbocycles. The lowest BCUT2D eigenvalue weighted by molar-refractivity contribution is -0.141. The Morgan fingerprint density at radius 3 is 2.57 bits per heavy atom. The van der Waals surface area contributed by atoms with Gasteiger partial charge < -0.3 is 10.1 Å². The summed E-state index contributed by atoms with van der Waals surface area (Å²) in [6.45, 7) is 2.84. The largest absolute Gasteiger partial charge is 0.433 e. The first-order chi connectivity index (χ1) is 13.2. The fourth-order valence-electron chi connectivity index (χ4n) is 3.45. The number of aryl methyl sites for hydroxylation is 1. The van der Waals surface area contributed by atoms with Gasteiger partial charge in [-0.2, -0.15) is 13.2 Å². The van der Waals surface area contributed by atoms with Gasteiger partial charge in [0.25, 0.3) is 5.91 Å². The number of ether oxygens (including phenoxy) is 1. The lowest BCUT2D eigenvalue weighted by atomic mass is 9.74. The molecule has 0 atom stereocenters. The molecule has 8 heteroatoms. The molecule has 0 radical (unpaired) electrons. The highest BCUT2D eigenvalue weighted by Crippen LogP contribution is 2.35. The van der Waals surface area contributed by atoms with Gasteiger partial charge in [-0.05, 0) is 49.6 Å². The summed E-state index contributed by atoms with van der Waals surface area (Å²) in [5, 5.41) is 3.48. The van der Waals surface area contributed by atoms with Crippen molar-refractivity contribution >= 4 is 17.5 Å². The van der Waals surface area contributed by atoms with Crippen LogP contribution in [-0.2, 0) is 16.3 Å². The van der Waals surface area contributed by atoms with E-state index in [2.05, 4.69) is 10.3 Å². The van der Waals surface area contributed by atoms with Crippen molar-refractivity contribution in [2.24, 2.45) is 0 Å². The van der Waals surface area contributed by atoms with Crippen molar-refractivity contribution in [2.75, 3.05) is 19.8 Å². The molecule has 1 saturated heterocycles. The molecule has 2 heterocycles. The van der Waals surface area contributed by atoms with Crippen molar-refractivity contribution in [3.05, 3.63) is 63.9 Å². The molecule has 4 nitrogen and oxygen atoms in total. The van der Waals surface area contributed by atoms with E-state index in [4.69, 9.17) is 16.3 Å². The maximum absolute atomic E-state index is 12.8. The zero-order chi connectivity index (χ0) is 20.4. The summed E-state index contributed by atoms with van der Waals surface area (Å²) in [6, 6.07) is 9.48. The number of carbonyl (C=O) groups excluding carboxylic acids is 1. The second-order valence-electron chi connectivity index (χ2n) is 6.91. The molecule has 1 amide bonds. The summed E-state index contributed by atoms with van der Waals surface area (Å²) in [7, 11) is 0. The average Bonchev–Trinajstić information content (AvgIpc) is 2.66. The number of hydrogen-bond acceptors (Lipinski definition) is 3. The molecule has 1 aliphatic rings. The van der Waals surface area contributed by atoms with Crippen LogP contribution in [0.15, 0.2) is 36.4 Å². The Labute approximate surface area is 166 Å². The van der Waals surface area contributed by atoms with Gasteiger partial charge in [0.05, 0.1) is 11.3 Å². The van der Waals surface area contributed by atoms with Crippen molar-refractivity contribution in [2.45, 2.75) is 31.4 Å². The molecule has 150 valence electrons. The monoisotopic (exact) mass is 412 g/mol. The van der Waals surface area contributed by atoms with E-state index in [1.807, 2.05) is 18.2 Å². The quantitative estimate of drug-likeness (QED) is 0.802. The van der Waals surface area contributed by atoms with E-state index in [9.17, 15) is 18.0 Å². The number of amides is 1. The molecule has 0 spiro atoms. The fourth-order valence-corrected chi connectivity index (χ4v) is 3.64. The van der Waals surface area contributed by atoms with Crippen molar-refractivity contribution in [1.29, 1.82) is 0 Å². The second kappa shape index (κ2) is 8.09. The molecule has 1 fully saturated rings. The van der Waals surface area contributed by atoms with E-state index >= 15 is 0 Å². The lowest BCUT2D eigenvalue weighted by Crippen LogP contribution is -2.44. The third kappa shape index (κ3) is 4.47. The van der Waals surface area contributed by atoms with Gasteiger partial charge in [-0.15, -0.1) is 0 Å². The topological polar surface area (TPSA) is 51.2 Å². The number of hydrogen-bond donors (Lipinski definition) is 1. The summed E-state index contributed by atoms with van der Waals surface area (Å²) in [5.41, 5.74) is -0.184. The summed E-state index contributed by atoms with van der Waals surface area (Å²) in [5.74, 6) is -0.452. The Bertz CT molecular complexity index is 865. The maximum Gasteiger partial charge on any atom is 0.433 e. The van der Waals surface area contributed by atoms with Gasteiger partial charge >= 0.3 is 6.18 Å². The van der Waals surface area contributed by atoms with Crippen LogP contribution < -0.4 is 5.32 Å². The van der Waals surface area contributed by atoms with Gasteiger partial charge in [-0.1, -0.05) is 23.7 Å². The molecule has 3 rings (SSSR count). The van der Waals surface area contributed by atoms with E-state index in [1.54, 1.807) is 6.07 Å². The fraction of sp³-hybridized carbons (Fsp3) is 0.400. The minimum absolute atomic E-state index is 0.0381. The van der Waals surface area contributed by atoms with E-state index < -0.39 is 17.8 Å². The summed E-state index contributed by atoms with van der Waals surface area (Å²) in [4.78, 5) is 16.1. The summed E-state index contributed by atoms with van der Waals surface area (Å²) >= 11 is 6.14. The van der Waals surface area contributed by atoms with E-state index in [0.717, 1.165) is 17.7 Å². The van der Waals surface area contributed by atoms with Crippen LogP contribution in [0.4, 0.5) is 13.2 Å². The number of nitrogens with one attached hydrogen (secondary N) is 1. The van der Waals surface area contributed by atoms with Gasteiger partial charge in [0, 0.05) is 30.2 Å². The minimum Gasteiger partial charge on any atom is -0.381 e. The Hall–Kier alpha value is -2.12. The molecule has 1 aromatic heterocycles. The number of benzene rings is 1. The highest BCUT2D eigenvalue weighted by molar-refractivity contribution is 6.30. The molecular formula is C20H20ClF3N2O2. The van der Waals surface area contributed by atoms with Gasteiger partial charge in [0.2, 0.25) is 0 Å². The van der Waals surface area contributed by atoms with Crippen LogP contribution in [0.2, 0.25) is 5.02 Å². The predicted octanol–water partition coefficient (Wildman–Crippen LogP) is 4.54. The molecule has 1 aliphatic heterocycles. The van der Waals surface area contributed by atoms with Crippen molar-refractivity contribution < 1.29 is 22.7 Å². The molecule has 0 bridgehead atoms. The average molecular weight is 413 g/mol. The Morgan fingerprint density at radius 2 is 1.96 bits per heavy atom. The Morgan fingerprint density at radius 1 is 1.25 bits per heavy atom. The molecular weight excluding hydrogens is 393 g/mol. The molecule has 0 saturated carbocycles. The van der Waals surface area contributed by atoms with Crippen molar-refractivity contribution in [3.63, 3.8) is 0 Å². The highest BCUT2D eigenvalue weighted by Gasteiger charge is 2.36. The highest BCUT2D eigenvalue weighted by atomic mass is 35.5. The number of aromatic nitrogens is 1. The third-order valence-corrected chi connectivity index (χ3v) is 5.33. The first-order valence-corrected chi connectivity index (χ1v) is 9.26. The van der Waals surface area contributed by atoms with E-state index in [1.165, 1.54) is 6.92 Å². The van der Waals surface area contributed by atoms with Crippen LogP contribution in [0.3, 0.4) is 0 Å². The maximum atomic E-state index is 12.8. The standard InChI is InChI=1S/C20H20ClF3N2O2/c1-13-16(5-6-17(26-13)20(22,23)24)18(27)25-12-19(7-9-28-10-8-19)14-3-2-4-15(21)11-14/h2-6,11H,7-10,12H2,1H3,(H,25,27). The number of pyridine rings is 1. The molecule has 2 aromatic rings. The minimum atomic E-state index is -4.54. The van der Waals surface area contributed by atoms with Gasteiger partial charge in [0.15, 0.2) is 0 Å². The molecule has 0 unspecified atom stereocenters. The first-order valence-electron chi connectivity index (χ1n) is 8.88. The smallest absolute Gasteiger partial charge is 0.381 e. The zero-order valence-corrected chi connectivity index (χ0v) is 16.0. The third-order valence-electron chi connectivity index (χ3n) is 5.10. The summed E-state index contributed by atoms with van der Waals surface area (Å²) in [6.07, 6.45) is -3.13. The predicted molar refractivity (Wildman–Crippen MR) is 99.5 cm³/mol. The van der Waals surface area contributed by atoms with E-state index in [-0.39, 0.29) is 16.7 Å². The lowest BCUT2D eigenvalue weighted by Gasteiger charge is -2.38. The van der Waals surface area contributed by atoms with Gasteiger partial charge in [0.1, 0.15) is 5.69 Å². The van der Waals surface area contributed by atoms with Crippen LogP contribution in [0.5, 0.6) is 0 Å². The SMILES string of the molecule is Cc1nc(C(F)(F)F)ccc1C(=O)NCC1(c2cccc(Cl)c2)CCOCC1. The van der Waals surface area contributed by atoms with E-state index in [0.29, 0.717) is 37.6 Å². The number of alkyl halides is 3. The summed E-state index contributed by atoms with van der Waals surface area (Å²) < 4.78 is 43.8. The number of rotatable bonds is 4. The zero-order valence-electron chi connectivity index (χ0n) is 15.3. The molecule has 1 N–H and O–H groups in total.